The van der Waals surface area contributed by atoms with Crippen LogP contribution >= 0.6 is 0 Å². The van der Waals surface area contributed by atoms with Crippen molar-refractivity contribution in [2.45, 2.75) is 32.4 Å². The Labute approximate surface area is 172 Å². The van der Waals surface area contributed by atoms with E-state index < -0.39 is 0 Å². The van der Waals surface area contributed by atoms with Crippen molar-refractivity contribution in [2.24, 2.45) is 0 Å². The van der Waals surface area contributed by atoms with Crippen LogP contribution in [0.5, 0.6) is 0 Å². The molecule has 0 aliphatic carbocycles. The van der Waals surface area contributed by atoms with Crippen LogP contribution in [0.1, 0.15) is 34.5 Å². The van der Waals surface area contributed by atoms with Gasteiger partial charge in [-0.15, -0.1) is 0 Å². The van der Waals surface area contributed by atoms with E-state index in [4.69, 9.17) is 9.47 Å². The van der Waals surface area contributed by atoms with Crippen molar-refractivity contribution in [3.05, 3.63) is 59.4 Å². The molecule has 2 saturated heterocycles. The van der Waals surface area contributed by atoms with E-state index in [9.17, 15) is 4.79 Å². The first-order valence-electron chi connectivity index (χ1n) is 10.5. The maximum atomic E-state index is 13.6. The van der Waals surface area contributed by atoms with Gasteiger partial charge >= 0.3 is 0 Å². The summed E-state index contributed by atoms with van der Waals surface area (Å²) in [5.74, 6) is 0.0405. The van der Waals surface area contributed by atoms with Gasteiger partial charge in [-0.2, -0.15) is 0 Å². The highest BCUT2D eigenvalue weighted by atomic mass is 16.5. The maximum absolute atomic E-state index is 13.6. The Hall–Kier alpha value is -2.44. The van der Waals surface area contributed by atoms with Crippen LogP contribution in [0.25, 0.3) is 0 Å². The number of aromatic nitrogens is 1. The molecule has 1 unspecified atom stereocenters. The molecule has 6 nitrogen and oxygen atoms in total. The van der Waals surface area contributed by atoms with Crippen LogP contribution in [-0.2, 0) is 16.0 Å². The van der Waals surface area contributed by atoms with Crippen LogP contribution in [0.3, 0.4) is 0 Å². The fourth-order valence-electron chi connectivity index (χ4n) is 4.11. The van der Waals surface area contributed by atoms with Crippen molar-refractivity contribution < 1.29 is 14.3 Å². The molecule has 2 fully saturated rings. The van der Waals surface area contributed by atoms with Gasteiger partial charge < -0.3 is 19.3 Å². The molecule has 6 heteroatoms. The standard InChI is InChI=1S/C23H29N3O3/c1-18-21(8-4-9-22(18)25-11-14-28-15-12-25)23(27)26(17-20-7-5-13-29-20)16-19-6-2-3-10-24-19/h2-4,6,8-10,20H,5,7,11-17H2,1H3. The Morgan fingerprint density at radius 3 is 2.76 bits per heavy atom. The summed E-state index contributed by atoms with van der Waals surface area (Å²) in [6, 6.07) is 11.8. The number of hydrogen-bond donors (Lipinski definition) is 0. The van der Waals surface area contributed by atoms with Gasteiger partial charge in [0.25, 0.3) is 5.91 Å². The van der Waals surface area contributed by atoms with Gasteiger partial charge in [0.05, 0.1) is 31.6 Å². The number of hydrogen-bond acceptors (Lipinski definition) is 5. The van der Waals surface area contributed by atoms with Crippen molar-refractivity contribution in [1.82, 2.24) is 9.88 Å². The SMILES string of the molecule is Cc1c(C(=O)N(Cc2ccccn2)CC2CCCO2)cccc1N1CCOCC1. The number of carbonyl (C=O) groups is 1. The van der Waals surface area contributed by atoms with Crippen molar-refractivity contribution in [3.63, 3.8) is 0 Å². The minimum Gasteiger partial charge on any atom is -0.378 e. The predicted octanol–water partition coefficient (Wildman–Crippen LogP) is 3.05. The molecule has 0 spiro atoms. The molecule has 1 aromatic carbocycles. The van der Waals surface area contributed by atoms with E-state index in [1.807, 2.05) is 42.2 Å². The second-order valence-electron chi connectivity index (χ2n) is 7.69. The lowest BCUT2D eigenvalue weighted by Crippen LogP contribution is -2.39. The van der Waals surface area contributed by atoms with Gasteiger partial charge in [-0.3, -0.25) is 9.78 Å². The highest BCUT2D eigenvalue weighted by Crippen LogP contribution is 2.26. The summed E-state index contributed by atoms with van der Waals surface area (Å²) in [5.41, 5.74) is 3.79. The van der Waals surface area contributed by atoms with Gasteiger partial charge in [-0.1, -0.05) is 12.1 Å². The number of rotatable bonds is 6. The van der Waals surface area contributed by atoms with Gasteiger partial charge in [0, 0.05) is 43.7 Å². The maximum Gasteiger partial charge on any atom is 0.254 e. The Morgan fingerprint density at radius 2 is 2.03 bits per heavy atom. The van der Waals surface area contributed by atoms with Gasteiger partial charge in [0.2, 0.25) is 0 Å². The molecule has 1 atom stereocenters. The Bertz CT molecular complexity index is 815. The summed E-state index contributed by atoms with van der Waals surface area (Å²) in [6.45, 7) is 7.06. The highest BCUT2D eigenvalue weighted by molar-refractivity contribution is 5.97. The summed E-state index contributed by atoms with van der Waals surface area (Å²) in [6.07, 6.45) is 3.93. The van der Waals surface area contributed by atoms with E-state index in [0.717, 1.165) is 68.3 Å². The normalized spacial score (nSPS) is 19.3. The summed E-state index contributed by atoms with van der Waals surface area (Å²) in [5, 5.41) is 0. The molecule has 0 N–H and O–H groups in total. The second-order valence-corrected chi connectivity index (χ2v) is 7.69. The lowest BCUT2D eigenvalue weighted by atomic mass is 10.0. The fourth-order valence-corrected chi connectivity index (χ4v) is 4.11. The van der Waals surface area contributed by atoms with E-state index in [2.05, 4.69) is 16.0 Å². The summed E-state index contributed by atoms with van der Waals surface area (Å²) < 4.78 is 11.3. The van der Waals surface area contributed by atoms with Crippen LogP contribution in [-0.4, -0.2) is 61.3 Å². The van der Waals surface area contributed by atoms with Crippen molar-refractivity contribution in [1.29, 1.82) is 0 Å². The number of amides is 1. The van der Waals surface area contributed by atoms with Gasteiger partial charge in [-0.05, 0) is 49.6 Å². The zero-order valence-electron chi connectivity index (χ0n) is 17.0. The highest BCUT2D eigenvalue weighted by Gasteiger charge is 2.26. The first kappa shape index (κ1) is 19.9. The predicted molar refractivity (Wildman–Crippen MR) is 112 cm³/mol. The van der Waals surface area contributed by atoms with Crippen LogP contribution in [0.2, 0.25) is 0 Å². The van der Waals surface area contributed by atoms with Crippen LogP contribution in [0.15, 0.2) is 42.6 Å². The molecule has 154 valence electrons. The molecule has 0 radical (unpaired) electrons. The Balaban J connectivity index is 1.59. The van der Waals surface area contributed by atoms with Gasteiger partial charge in [0.1, 0.15) is 0 Å². The zero-order chi connectivity index (χ0) is 20.1. The quantitative estimate of drug-likeness (QED) is 0.753. The minimum atomic E-state index is 0.0405. The van der Waals surface area contributed by atoms with Crippen molar-refractivity contribution >= 4 is 11.6 Å². The second kappa shape index (κ2) is 9.37. The van der Waals surface area contributed by atoms with Gasteiger partial charge in [-0.25, -0.2) is 0 Å². The van der Waals surface area contributed by atoms with Crippen molar-refractivity contribution in [2.75, 3.05) is 44.4 Å². The molecular weight excluding hydrogens is 366 g/mol. The topological polar surface area (TPSA) is 54.9 Å². The number of nitrogens with zero attached hydrogens (tertiary/aromatic N) is 3. The number of ether oxygens (including phenoxy) is 2. The lowest BCUT2D eigenvalue weighted by molar-refractivity contribution is 0.0504. The average Bonchev–Trinajstić information content (AvgIpc) is 3.27. The average molecular weight is 396 g/mol. The summed E-state index contributed by atoms with van der Waals surface area (Å²) in [7, 11) is 0. The molecular formula is C23H29N3O3. The molecule has 0 bridgehead atoms. The molecule has 3 heterocycles. The number of pyridine rings is 1. The van der Waals surface area contributed by atoms with E-state index in [0.29, 0.717) is 13.1 Å². The third-order valence-corrected chi connectivity index (χ3v) is 5.70. The van der Waals surface area contributed by atoms with Crippen LogP contribution in [0, 0.1) is 6.92 Å². The number of benzene rings is 1. The largest absolute Gasteiger partial charge is 0.378 e. The molecule has 4 rings (SSSR count). The smallest absolute Gasteiger partial charge is 0.254 e. The molecule has 1 aromatic heterocycles. The Kier molecular flexibility index (Phi) is 6.42. The molecule has 29 heavy (non-hydrogen) atoms. The fraction of sp³-hybridized carbons (Fsp3) is 0.478. The van der Waals surface area contributed by atoms with Gasteiger partial charge in [0.15, 0.2) is 0 Å². The first-order chi connectivity index (χ1) is 14.2. The van der Waals surface area contributed by atoms with E-state index in [1.165, 1.54) is 0 Å². The van der Waals surface area contributed by atoms with Crippen LogP contribution in [0.4, 0.5) is 5.69 Å². The third-order valence-electron chi connectivity index (χ3n) is 5.70. The van der Waals surface area contributed by atoms with Crippen LogP contribution < -0.4 is 4.90 Å². The van der Waals surface area contributed by atoms with E-state index >= 15 is 0 Å². The molecule has 0 saturated carbocycles. The Morgan fingerprint density at radius 1 is 1.17 bits per heavy atom. The molecule has 2 aliphatic heterocycles. The number of morpholine rings is 1. The van der Waals surface area contributed by atoms with E-state index in [-0.39, 0.29) is 12.0 Å². The first-order valence-corrected chi connectivity index (χ1v) is 10.5. The monoisotopic (exact) mass is 395 g/mol. The minimum absolute atomic E-state index is 0.0405. The third kappa shape index (κ3) is 4.77. The van der Waals surface area contributed by atoms with E-state index in [1.54, 1.807) is 6.20 Å². The molecule has 1 amide bonds. The van der Waals surface area contributed by atoms with Crippen molar-refractivity contribution in [3.8, 4) is 0 Å². The summed E-state index contributed by atoms with van der Waals surface area (Å²) >= 11 is 0. The number of anilines is 1. The lowest BCUT2D eigenvalue weighted by Gasteiger charge is -2.31. The summed E-state index contributed by atoms with van der Waals surface area (Å²) in [4.78, 5) is 22.2. The number of carbonyl (C=O) groups excluding carboxylic acids is 1. The molecule has 2 aromatic rings. The zero-order valence-corrected chi connectivity index (χ0v) is 17.0. The molecule has 2 aliphatic rings.